The summed E-state index contributed by atoms with van der Waals surface area (Å²) in [6, 6.07) is 15.9. The normalized spacial score (nSPS) is 17.2. The fourth-order valence-corrected chi connectivity index (χ4v) is 3.84. The fraction of sp³-hybridized carbons (Fsp3) is 0.318. The molecule has 3 heterocycles. The van der Waals surface area contributed by atoms with Gasteiger partial charge in [-0.05, 0) is 37.6 Å². The molecule has 0 radical (unpaired) electrons. The number of fused-ring (bicyclic) bond motifs is 1. The molecule has 1 amide bonds. The van der Waals surface area contributed by atoms with Gasteiger partial charge in [0.15, 0.2) is 0 Å². The Labute approximate surface area is 164 Å². The smallest absolute Gasteiger partial charge is 0.270 e. The second-order valence-corrected chi connectivity index (χ2v) is 7.35. The first-order chi connectivity index (χ1) is 13.6. The van der Waals surface area contributed by atoms with Crippen molar-refractivity contribution in [2.24, 2.45) is 0 Å². The standard InChI is InChI=1S/C22H24N4O2/c1-24(15-17-8-3-2-4-9-17)18-10-7-12-25(16-18)21(27)19-14-23-20-11-5-6-13-26(20)22(19)28/h2-6,8-9,11,13-14,18H,7,10,12,15-16H2,1H3/t18-/m1/s1. The van der Waals surface area contributed by atoms with Crippen molar-refractivity contribution >= 4 is 11.6 Å². The number of likely N-dealkylation sites (N-methyl/N-ethyl adjacent to an activating group) is 1. The Morgan fingerprint density at radius 2 is 1.96 bits per heavy atom. The monoisotopic (exact) mass is 376 g/mol. The second-order valence-electron chi connectivity index (χ2n) is 7.35. The topological polar surface area (TPSA) is 57.9 Å². The zero-order valence-corrected chi connectivity index (χ0v) is 16.0. The first-order valence-electron chi connectivity index (χ1n) is 9.63. The number of rotatable bonds is 4. The van der Waals surface area contributed by atoms with Gasteiger partial charge in [0.05, 0.1) is 0 Å². The molecule has 0 bridgehead atoms. The van der Waals surface area contributed by atoms with E-state index in [1.807, 2.05) is 24.3 Å². The lowest BCUT2D eigenvalue weighted by Gasteiger charge is -2.37. The number of carbonyl (C=O) groups excluding carboxylic acids is 1. The third-order valence-corrected chi connectivity index (χ3v) is 5.43. The summed E-state index contributed by atoms with van der Waals surface area (Å²) < 4.78 is 1.43. The number of pyridine rings is 1. The molecule has 0 saturated carbocycles. The summed E-state index contributed by atoms with van der Waals surface area (Å²) in [5, 5.41) is 0. The highest BCUT2D eigenvalue weighted by molar-refractivity contribution is 5.93. The maximum Gasteiger partial charge on any atom is 0.270 e. The van der Waals surface area contributed by atoms with Gasteiger partial charge in [-0.1, -0.05) is 36.4 Å². The lowest BCUT2D eigenvalue weighted by Crippen LogP contribution is -2.49. The van der Waals surface area contributed by atoms with Crippen molar-refractivity contribution in [1.82, 2.24) is 19.2 Å². The maximum atomic E-state index is 13.0. The molecule has 0 spiro atoms. The Hall–Kier alpha value is -2.99. The molecule has 144 valence electrons. The Balaban J connectivity index is 1.51. The van der Waals surface area contributed by atoms with Crippen LogP contribution in [0, 0.1) is 0 Å². The van der Waals surface area contributed by atoms with Crippen LogP contribution in [0.3, 0.4) is 0 Å². The molecular weight excluding hydrogens is 352 g/mol. The first-order valence-corrected chi connectivity index (χ1v) is 9.63. The van der Waals surface area contributed by atoms with E-state index in [0.717, 1.165) is 19.4 Å². The number of hydrogen-bond donors (Lipinski definition) is 0. The summed E-state index contributed by atoms with van der Waals surface area (Å²) >= 11 is 0. The summed E-state index contributed by atoms with van der Waals surface area (Å²) in [6.07, 6.45) is 5.03. The molecule has 1 aliphatic rings. The molecule has 0 N–H and O–H groups in total. The van der Waals surface area contributed by atoms with Gasteiger partial charge in [0.1, 0.15) is 11.2 Å². The van der Waals surface area contributed by atoms with Crippen LogP contribution in [0.25, 0.3) is 5.65 Å². The van der Waals surface area contributed by atoms with Crippen molar-refractivity contribution in [1.29, 1.82) is 0 Å². The summed E-state index contributed by atoms with van der Waals surface area (Å²) in [5.74, 6) is -0.228. The third-order valence-electron chi connectivity index (χ3n) is 5.43. The van der Waals surface area contributed by atoms with Crippen molar-refractivity contribution in [3.05, 3.63) is 82.4 Å². The number of benzene rings is 1. The highest BCUT2D eigenvalue weighted by Gasteiger charge is 2.28. The van der Waals surface area contributed by atoms with Crippen LogP contribution in [-0.4, -0.2) is 51.3 Å². The van der Waals surface area contributed by atoms with E-state index in [0.29, 0.717) is 18.7 Å². The molecular formula is C22H24N4O2. The van der Waals surface area contributed by atoms with Gasteiger partial charge in [0, 0.05) is 38.1 Å². The Morgan fingerprint density at radius 3 is 2.79 bits per heavy atom. The van der Waals surface area contributed by atoms with E-state index in [2.05, 4.69) is 29.1 Å². The lowest BCUT2D eigenvalue weighted by atomic mass is 10.0. The van der Waals surface area contributed by atoms with Crippen LogP contribution < -0.4 is 5.56 Å². The third kappa shape index (κ3) is 3.68. The molecule has 0 aliphatic carbocycles. The molecule has 6 heteroatoms. The van der Waals surface area contributed by atoms with E-state index in [4.69, 9.17) is 0 Å². The van der Waals surface area contributed by atoms with E-state index in [1.54, 1.807) is 23.2 Å². The molecule has 28 heavy (non-hydrogen) atoms. The summed E-state index contributed by atoms with van der Waals surface area (Å²) in [7, 11) is 2.10. The first kappa shape index (κ1) is 18.4. The molecule has 1 aliphatic heterocycles. The van der Waals surface area contributed by atoms with Crippen LogP contribution in [0.15, 0.2) is 65.7 Å². The van der Waals surface area contributed by atoms with Gasteiger partial charge in [0.25, 0.3) is 11.5 Å². The zero-order chi connectivity index (χ0) is 19.5. The Bertz CT molecular complexity index is 1030. The summed E-state index contributed by atoms with van der Waals surface area (Å²) in [5.41, 5.74) is 1.62. The fourth-order valence-electron chi connectivity index (χ4n) is 3.84. The summed E-state index contributed by atoms with van der Waals surface area (Å²) in [4.78, 5) is 34.1. The molecule has 0 unspecified atom stereocenters. The van der Waals surface area contributed by atoms with E-state index in [9.17, 15) is 9.59 Å². The molecule has 4 rings (SSSR count). The number of amides is 1. The van der Waals surface area contributed by atoms with Crippen LogP contribution in [0.1, 0.15) is 28.8 Å². The quantitative estimate of drug-likeness (QED) is 0.702. The van der Waals surface area contributed by atoms with Gasteiger partial charge < -0.3 is 4.90 Å². The van der Waals surface area contributed by atoms with Crippen LogP contribution in [0.2, 0.25) is 0 Å². The van der Waals surface area contributed by atoms with E-state index >= 15 is 0 Å². The number of hydrogen-bond acceptors (Lipinski definition) is 4. The van der Waals surface area contributed by atoms with Crippen LogP contribution in [0.4, 0.5) is 0 Å². The van der Waals surface area contributed by atoms with Gasteiger partial charge in [-0.2, -0.15) is 0 Å². The predicted octanol–water partition coefficient (Wildman–Crippen LogP) is 2.43. The number of nitrogens with zero attached hydrogens (tertiary/aromatic N) is 4. The van der Waals surface area contributed by atoms with E-state index < -0.39 is 0 Å². The van der Waals surface area contributed by atoms with Crippen LogP contribution >= 0.6 is 0 Å². The minimum atomic E-state index is -0.310. The van der Waals surface area contributed by atoms with Crippen molar-refractivity contribution in [2.75, 3.05) is 20.1 Å². The van der Waals surface area contributed by atoms with Crippen molar-refractivity contribution in [3.63, 3.8) is 0 Å². The summed E-state index contributed by atoms with van der Waals surface area (Å²) in [6.45, 7) is 2.14. The van der Waals surface area contributed by atoms with Crippen molar-refractivity contribution in [3.8, 4) is 0 Å². The van der Waals surface area contributed by atoms with E-state index in [-0.39, 0.29) is 23.1 Å². The van der Waals surface area contributed by atoms with Crippen LogP contribution in [0.5, 0.6) is 0 Å². The number of aromatic nitrogens is 2. The van der Waals surface area contributed by atoms with Crippen molar-refractivity contribution < 1.29 is 4.79 Å². The van der Waals surface area contributed by atoms with Gasteiger partial charge in [-0.3, -0.25) is 18.9 Å². The van der Waals surface area contributed by atoms with E-state index in [1.165, 1.54) is 16.2 Å². The Morgan fingerprint density at radius 1 is 1.18 bits per heavy atom. The second kappa shape index (κ2) is 7.94. The largest absolute Gasteiger partial charge is 0.337 e. The SMILES string of the molecule is CN(Cc1ccccc1)[C@@H]1CCCN(C(=O)c2cnc3ccccn3c2=O)C1. The average Bonchev–Trinajstić information content (AvgIpc) is 2.74. The number of piperidine rings is 1. The molecule has 2 aromatic heterocycles. The zero-order valence-electron chi connectivity index (χ0n) is 16.0. The number of carbonyl (C=O) groups is 1. The molecule has 3 aromatic rings. The maximum absolute atomic E-state index is 13.0. The predicted molar refractivity (Wildman–Crippen MR) is 108 cm³/mol. The highest BCUT2D eigenvalue weighted by Crippen LogP contribution is 2.18. The highest BCUT2D eigenvalue weighted by atomic mass is 16.2. The molecule has 1 atom stereocenters. The molecule has 1 saturated heterocycles. The molecule has 1 aromatic carbocycles. The lowest BCUT2D eigenvalue weighted by molar-refractivity contribution is 0.0600. The number of likely N-dealkylation sites (tertiary alicyclic amines) is 1. The minimum Gasteiger partial charge on any atom is -0.337 e. The average molecular weight is 376 g/mol. The van der Waals surface area contributed by atoms with Gasteiger partial charge in [0.2, 0.25) is 0 Å². The molecule has 6 nitrogen and oxygen atoms in total. The van der Waals surface area contributed by atoms with Crippen LogP contribution in [-0.2, 0) is 6.54 Å². The van der Waals surface area contributed by atoms with Crippen molar-refractivity contribution in [2.45, 2.75) is 25.4 Å². The van der Waals surface area contributed by atoms with Gasteiger partial charge >= 0.3 is 0 Å². The molecule has 1 fully saturated rings. The van der Waals surface area contributed by atoms with Gasteiger partial charge in [-0.25, -0.2) is 4.98 Å². The Kier molecular flexibility index (Phi) is 5.21. The van der Waals surface area contributed by atoms with Gasteiger partial charge in [-0.15, -0.1) is 0 Å². The minimum absolute atomic E-state index is 0.134.